The highest BCUT2D eigenvalue weighted by atomic mass is 19.1. The standard InChI is InChI=1S/C16H18FN3O2/c17-13-1-3-14(4-2-13)18-19-15-5-7-16(8-6-15)20(9-11-21)10-12-22/h1-8,21-22H,9-12H2. The Bertz CT molecular complexity index is 594. The average Bonchev–Trinajstić information content (AvgIpc) is 2.55. The summed E-state index contributed by atoms with van der Waals surface area (Å²) in [6.45, 7) is 0.950. The quantitative estimate of drug-likeness (QED) is 0.773. The van der Waals surface area contributed by atoms with Gasteiger partial charge >= 0.3 is 0 Å². The number of azo groups is 1. The minimum Gasteiger partial charge on any atom is -0.395 e. The van der Waals surface area contributed by atoms with Crippen molar-refractivity contribution in [2.45, 2.75) is 0 Å². The van der Waals surface area contributed by atoms with E-state index in [-0.39, 0.29) is 19.0 Å². The van der Waals surface area contributed by atoms with Crippen LogP contribution in [0.1, 0.15) is 0 Å². The maximum absolute atomic E-state index is 12.8. The lowest BCUT2D eigenvalue weighted by Crippen LogP contribution is -2.29. The van der Waals surface area contributed by atoms with E-state index >= 15 is 0 Å². The summed E-state index contributed by atoms with van der Waals surface area (Å²) in [7, 11) is 0. The number of nitrogens with zero attached hydrogens (tertiary/aromatic N) is 3. The van der Waals surface area contributed by atoms with Gasteiger partial charge in [0.25, 0.3) is 0 Å². The number of anilines is 1. The molecule has 0 saturated carbocycles. The van der Waals surface area contributed by atoms with E-state index < -0.39 is 0 Å². The van der Waals surface area contributed by atoms with Crippen LogP contribution in [-0.2, 0) is 0 Å². The molecule has 0 aliphatic heterocycles. The van der Waals surface area contributed by atoms with Crippen molar-refractivity contribution < 1.29 is 14.6 Å². The number of aliphatic hydroxyl groups is 2. The smallest absolute Gasteiger partial charge is 0.123 e. The molecule has 0 heterocycles. The van der Waals surface area contributed by atoms with E-state index in [2.05, 4.69) is 10.2 Å². The Balaban J connectivity index is 2.06. The molecule has 0 aromatic heterocycles. The molecule has 116 valence electrons. The second kappa shape index (κ2) is 8.21. The van der Waals surface area contributed by atoms with Crippen molar-refractivity contribution in [1.29, 1.82) is 0 Å². The third-order valence-corrected chi connectivity index (χ3v) is 3.06. The molecule has 0 aliphatic rings. The van der Waals surface area contributed by atoms with E-state index in [9.17, 15) is 4.39 Å². The van der Waals surface area contributed by atoms with Crippen LogP contribution < -0.4 is 4.90 Å². The fourth-order valence-electron chi connectivity index (χ4n) is 1.96. The lowest BCUT2D eigenvalue weighted by atomic mass is 10.2. The summed E-state index contributed by atoms with van der Waals surface area (Å²) in [4.78, 5) is 1.88. The lowest BCUT2D eigenvalue weighted by Gasteiger charge is -2.22. The molecule has 0 bridgehead atoms. The highest BCUT2D eigenvalue weighted by molar-refractivity contribution is 5.53. The predicted octanol–water partition coefficient (Wildman–Crippen LogP) is 3.03. The summed E-state index contributed by atoms with van der Waals surface area (Å²) < 4.78 is 12.8. The molecule has 5 nitrogen and oxygen atoms in total. The second-order valence-electron chi connectivity index (χ2n) is 4.63. The third-order valence-electron chi connectivity index (χ3n) is 3.06. The van der Waals surface area contributed by atoms with Gasteiger partial charge in [-0.2, -0.15) is 10.2 Å². The Hall–Kier alpha value is -2.31. The Morgan fingerprint density at radius 1 is 0.773 bits per heavy atom. The zero-order valence-electron chi connectivity index (χ0n) is 12.1. The van der Waals surface area contributed by atoms with Crippen molar-refractivity contribution >= 4 is 17.1 Å². The van der Waals surface area contributed by atoms with Crippen LogP contribution in [0.4, 0.5) is 21.5 Å². The van der Waals surface area contributed by atoms with Gasteiger partial charge < -0.3 is 15.1 Å². The molecule has 0 aliphatic carbocycles. The molecule has 0 radical (unpaired) electrons. The first-order valence-electron chi connectivity index (χ1n) is 6.97. The SMILES string of the molecule is OCCN(CCO)c1ccc(N=Nc2ccc(F)cc2)cc1. The van der Waals surface area contributed by atoms with Gasteiger partial charge in [0.1, 0.15) is 5.82 Å². The summed E-state index contributed by atoms with van der Waals surface area (Å²) in [5.41, 5.74) is 2.14. The van der Waals surface area contributed by atoms with Gasteiger partial charge in [-0.15, -0.1) is 0 Å². The molecule has 0 amide bonds. The zero-order valence-corrected chi connectivity index (χ0v) is 12.1. The van der Waals surface area contributed by atoms with E-state index in [4.69, 9.17) is 10.2 Å². The van der Waals surface area contributed by atoms with Gasteiger partial charge in [-0.05, 0) is 48.5 Å². The fourth-order valence-corrected chi connectivity index (χ4v) is 1.96. The van der Waals surface area contributed by atoms with Crippen LogP contribution in [0.3, 0.4) is 0 Å². The molecule has 0 spiro atoms. The van der Waals surface area contributed by atoms with Crippen molar-refractivity contribution in [2.75, 3.05) is 31.2 Å². The van der Waals surface area contributed by atoms with Crippen LogP contribution >= 0.6 is 0 Å². The van der Waals surface area contributed by atoms with E-state index in [0.717, 1.165) is 5.69 Å². The summed E-state index contributed by atoms with van der Waals surface area (Å²) in [5.74, 6) is -0.309. The molecular weight excluding hydrogens is 285 g/mol. The van der Waals surface area contributed by atoms with Gasteiger partial charge in [0.05, 0.1) is 24.6 Å². The molecule has 2 N–H and O–H groups in total. The summed E-state index contributed by atoms with van der Waals surface area (Å²) in [6.07, 6.45) is 0. The van der Waals surface area contributed by atoms with Gasteiger partial charge in [0.15, 0.2) is 0 Å². The Kier molecular flexibility index (Phi) is 6.00. The number of rotatable bonds is 7. The van der Waals surface area contributed by atoms with E-state index in [0.29, 0.717) is 24.5 Å². The van der Waals surface area contributed by atoms with Crippen LogP contribution in [0, 0.1) is 5.82 Å². The number of hydrogen-bond donors (Lipinski definition) is 2. The average molecular weight is 303 g/mol. The van der Waals surface area contributed by atoms with Gasteiger partial charge in [-0.1, -0.05) is 0 Å². The van der Waals surface area contributed by atoms with Gasteiger partial charge in [0.2, 0.25) is 0 Å². The maximum Gasteiger partial charge on any atom is 0.123 e. The third kappa shape index (κ3) is 4.61. The molecule has 2 aromatic carbocycles. The van der Waals surface area contributed by atoms with Crippen LogP contribution in [0.2, 0.25) is 0 Å². The largest absolute Gasteiger partial charge is 0.395 e. The van der Waals surface area contributed by atoms with Crippen molar-refractivity contribution in [2.24, 2.45) is 10.2 Å². The normalized spacial score (nSPS) is 11.0. The van der Waals surface area contributed by atoms with Gasteiger partial charge in [-0.3, -0.25) is 0 Å². The Morgan fingerprint density at radius 2 is 1.23 bits per heavy atom. The molecule has 22 heavy (non-hydrogen) atoms. The molecule has 0 unspecified atom stereocenters. The van der Waals surface area contributed by atoms with E-state index in [1.807, 2.05) is 17.0 Å². The first-order chi connectivity index (χ1) is 10.7. The van der Waals surface area contributed by atoms with Crippen molar-refractivity contribution in [3.05, 3.63) is 54.3 Å². The zero-order chi connectivity index (χ0) is 15.8. The molecule has 6 heteroatoms. The summed E-state index contributed by atoms with van der Waals surface area (Å²) >= 11 is 0. The maximum atomic E-state index is 12.8. The van der Waals surface area contributed by atoms with Crippen LogP contribution in [0.25, 0.3) is 0 Å². The summed E-state index contributed by atoms with van der Waals surface area (Å²) in [5, 5.41) is 26.2. The van der Waals surface area contributed by atoms with Crippen molar-refractivity contribution in [3.63, 3.8) is 0 Å². The first-order valence-corrected chi connectivity index (χ1v) is 6.97. The predicted molar refractivity (Wildman–Crippen MR) is 83.4 cm³/mol. The van der Waals surface area contributed by atoms with Crippen LogP contribution in [0.15, 0.2) is 58.8 Å². The monoisotopic (exact) mass is 303 g/mol. The topological polar surface area (TPSA) is 68.4 Å². The lowest BCUT2D eigenvalue weighted by molar-refractivity contribution is 0.281. The highest BCUT2D eigenvalue weighted by Crippen LogP contribution is 2.22. The number of benzene rings is 2. The molecule has 0 fully saturated rings. The first kappa shape index (κ1) is 16.1. The molecular formula is C16H18FN3O2. The fraction of sp³-hybridized carbons (Fsp3) is 0.250. The number of hydrogen-bond acceptors (Lipinski definition) is 5. The van der Waals surface area contributed by atoms with Crippen LogP contribution in [-0.4, -0.2) is 36.5 Å². The minimum atomic E-state index is -0.309. The Labute approximate surface area is 128 Å². The van der Waals surface area contributed by atoms with Crippen molar-refractivity contribution in [1.82, 2.24) is 0 Å². The molecule has 2 rings (SSSR count). The Morgan fingerprint density at radius 3 is 1.68 bits per heavy atom. The number of halogens is 1. The highest BCUT2D eigenvalue weighted by Gasteiger charge is 2.04. The van der Waals surface area contributed by atoms with E-state index in [1.54, 1.807) is 24.3 Å². The molecule has 2 aromatic rings. The van der Waals surface area contributed by atoms with Gasteiger partial charge in [0, 0.05) is 18.8 Å². The molecule has 0 saturated heterocycles. The van der Waals surface area contributed by atoms with Gasteiger partial charge in [-0.25, -0.2) is 4.39 Å². The molecule has 0 atom stereocenters. The van der Waals surface area contributed by atoms with Crippen molar-refractivity contribution in [3.8, 4) is 0 Å². The van der Waals surface area contributed by atoms with E-state index in [1.165, 1.54) is 12.1 Å². The minimum absolute atomic E-state index is 0.0199. The second-order valence-corrected chi connectivity index (χ2v) is 4.63. The summed E-state index contributed by atoms with van der Waals surface area (Å²) in [6, 6.07) is 13.1. The number of aliphatic hydroxyl groups excluding tert-OH is 2. The van der Waals surface area contributed by atoms with Crippen LogP contribution in [0.5, 0.6) is 0 Å².